The van der Waals surface area contributed by atoms with Gasteiger partial charge in [0.25, 0.3) is 0 Å². The SMILES string of the molecule is C=C(C)[C@@H]1Oc2cc(O)c(C(C)=O)cc2[C@@H]1OC(=O)C(=CC)CO. The molecule has 2 rings (SSSR count). The third kappa shape index (κ3) is 3.19. The predicted octanol–water partition coefficient (Wildman–Crippen LogP) is 2.45. The number of aliphatic hydroxyl groups excluding tert-OH is 1. The van der Waals surface area contributed by atoms with Gasteiger partial charge in [-0.25, -0.2) is 4.79 Å². The van der Waals surface area contributed by atoms with E-state index in [1.54, 1.807) is 13.8 Å². The lowest BCUT2D eigenvalue weighted by atomic mass is 9.98. The Morgan fingerprint density at radius 1 is 1.38 bits per heavy atom. The zero-order valence-corrected chi connectivity index (χ0v) is 13.8. The number of allylic oxidation sites excluding steroid dienone is 1. The van der Waals surface area contributed by atoms with Gasteiger partial charge in [-0.3, -0.25) is 4.79 Å². The number of carbonyl (C=O) groups excluding carboxylic acids is 2. The Balaban J connectivity index is 2.45. The van der Waals surface area contributed by atoms with E-state index < -0.39 is 24.8 Å². The number of ketones is 1. The zero-order valence-electron chi connectivity index (χ0n) is 13.8. The van der Waals surface area contributed by atoms with Crippen LogP contribution in [0, 0.1) is 0 Å². The standard InChI is InChI=1S/C18H20O6/c1-5-11(8-19)18(22)24-17-13-6-12(10(4)20)14(21)7-15(13)23-16(17)9(2)3/h5-7,16-17,19,21H,2,8H2,1,3-4H3/t16-,17-/m0/s1. The number of aromatic hydroxyl groups is 1. The molecule has 0 saturated carbocycles. The number of ether oxygens (including phenoxy) is 2. The summed E-state index contributed by atoms with van der Waals surface area (Å²) in [6.45, 7) is 8.07. The van der Waals surface area contributed by atoms with Crippen molar-refractivity contribution >= 4 is 11.8 Å². The number of benzene rings is 1. The molecule has 1 heterocycles. The van der Waals surface area contributed by atoms with Crippen LogP contribution in [0.3, 0.4) is 0 Å². The summed E-state index contributed by atoms with van der Waals surface area (Å²) in [6, 6.07) is 2.79. The van der Waals surface area contributed by atoms with Gasteiger partial charge in [-0.1, -0.05) is 12.7 Å². The number of esters is 1. The molecule has 1 aliphatic rings. The first-order valence-electron chi connectivity index (χ1n) is 7.47. The van der Waals surface area contributed by atoms with Gasteiger partial charge in [-0.2, -0.15) is 0 Å². The summed E-state index contributed by atoms with van der Waals surface area (Å²) in [7, 11) is 0. The van der Waals surface area contributed by atoms with Crippen molar-refractivity contribution in [2.45, 2.75) is 33.0 Å². The van der Waals surface area contributed by atoms with Crippen molar-refractivity contribution in [2.75, 3.05) is 6.61 Å². The molecule has 24 heavy (non-hydrogen) atoms. The lowest BCUT2D eigenvalue weighted by Gasteiger charge is -2.20. The Morgan fingerprint density at radius 2 is 2.04 bits per heavy atom. The highest BCUT2D eigenvalue weighted by Gasteiger charge is 2.39. The summed E-state index contributed by atoms with van der Waals surface area (Å²) in [4.78, 5) is 23.8. The normalized spacial score (nSPS) is 19.4. The maximum Gasteiger partial charge on any atom is 0.336 e. The molecule has 0 aromatic heterocycles. The van der Waals surface area contributed by atoms with Crippen LogP contribution in [-0.4, -0.2) is 34.7 Å². The number of hydrogen-bond acceptors (Lipinski definition) is 6. The van der Waals surface area contributed by atoms with Crippen LogP contribution in [-0.2, 0) is 9.53 Å². The molecule has 0 bridgehead atoms. The fourth-order valence-electron chi connectivity index (χ4n) is 2.50. The van der Waals surface area contributed by atoms with Crippen molar-refractivity contribution < 1.29 is 29.3 Å². The summed E-state index contributed by atoms with van der Waals surface area (Å²) in [5.41, 5.74) is 1.34. The Hall–Kier alpha value is -2.60. The molecule has 1 aromatic rings. The predicted molar refractivity (Wildman–Crippen MR) is 87.0 cm³/mol. The number of rotatable bonds is 5. The molecular weight excluding hydrogens is 312 g/mol. The van der Waals surface area contributed by atoms with E-state index in [9.17, 15) is 19.8 Å². The molecule has 128 valence electrons. The summed E-state index contributed by atoms with van der Waals surface area (Å²) < 4.78 is 11.2. The topological polar surface area (TPSA) is 93.1 Å². The Kier molecular flexibility index (Phi) is 5.09. The molecule has 6 heteroatoms. The molecular formula is C18H20O6. The van der Waals surface area contributed by atoms with Crippen LogP contribution >= 0.6 is 0 Å². The molecule has 6 nitrogen and oxygen atoms in total. The van der Waals surface area contributed by atoms with Crippen molar-refractivity contribution in [3.63, 3.8) is 0 Å². The lowest BCUT2D eigenvalue weighted by Crippen LogP contribution is -2.25. The number of carbonyl (C=O) groups is 2. The largest absolute Gasteiger partial charge is 0.507 e. The summed E-state index contributed by atoms with van der Waals surface area (Å²) in [6.07, 6.45) is 0.0136. The van der Waals surface area contributed by atoms with Crippen LogP contribution < -0.4 is 4.74 Å². The molecule has 1 aromatic carbocycles. The zero-order chi connectivity index (χ0) is 18.0. The van der Waals surface area contributed by atoms with Crippen LogP contribution in [0.1, 0.15) is 42.8 Å². The molecule has 2 atom stereocenters. The van der Waals surface area contributed by atoms with E-state index in [4.69, 9.17) is 9.47 Å². The molecule has 0 fully saturated rings. The van der Waals surface area contributed by atoms with Crippen molar-refractivity contribution in [2.24, 2.45) is 0 Å². The molecule has 0 unspecified atom stereocenters. The second kappa shape index (κ2) is 6.88. The fraction of sp³-hybridized carbons (Fsp3) is 0.333. The number of Topliss-reactive ketones (excluding diaryl/α,β-unsaturated/α-hetero) is 1. The van der Waals surface area contributed by atoms with Crippen LogP contribution in [0.15, 0.2) is 35.9 Å². The van der Waals surface area contributed by atoms with E-state index >= 15 is 0 Å². The van der Waals surface area contributed by atoms with Gasteiger partial charge in [0.15, 0.2) is 18.0 Å². The average molecular weight is 332 g/mol. The van der Waals surface area contributed by atoms with E-state index in [1.807, 2.05) is 0 Å². The second-order valence-corrected chi connectivity index (χ2v) is 5.65. The number of phenolic OH excluding ortho intramolecular Hbond substituents is 1. The first kappa shape index (κ1) is 17.7. The third-order valence-corrected chi connectivity index (χ3v) is 3.84. The van der Waals surface area contributed by atoms with Crippen molar-refractivity contribution in [3.05, 3.63) is 47.1 Å². The average Bonchev–Trinajstić information content (AvgIpc) is 2.85. The van der Waals surface area contributed by atoms with Gasteiger partial charge in [0.2, 0.25) is 0 Å². The minimum absolute atomic E-state index is 0.120. The van der Waals surface area contributed by atoms with E-state index in [0.717, 1.165) is 0 Å². The van der Waals surface area contributed by atoms with Gasteiger partial charge in [-0.15, -0.1) is 0 Å². The lowest BCUT2D eigenvalue weighted by molar-refractivity contribution is -0.147. The van der Waals surface area contributed by atoms with Crippen molar-refractivity contribution in [1.29, 1.82) is 0 Å². The van der Waals surface area contributed by atoms with Crippen LogP contribution in [0.2, 0.25) is 0 Å². The smallest absolute Gasteiger partial charge is 0.336 e. The first-order chi connectivity index (χ1) is 11.3. The minimum Gasteiger partial charge on any atom is -0.507 e. The Morgan fingerprint density at radius 3 is 2.54 bits per heavy atom. The molecule has 1 aliphatic heterocycles. The monoisotopic (exact) mass is 332 g/mol. The molecule has 0 aliphatic carbocycles. The van der Waals surface area contributed by atoms with Gasteiger partial charge >= 0.3 is 5.97 Å². The quantitative estimate of drug-likeness (QED) is 0.372. The maximum absolute atomic E-state index is 12.2. The number of phenols is 1. The molecule has 0 radical (unpaired) electrons. The van der Waals surface area contributed by atoms with Crippen LogP contribution in [0.4, 0.5) is 0 Å². The van der Waals surface area contributed by atoms with Gasteiger partial charge in [-0.05, 0) is 32.4 Å². The third-order valence-electron chi connectivity index (χ3n) is 3.84. The van der Waals surface area contributed by atoms with Gasteiger partial charge in [0.05, 0.1) is 17.7 Å². The van der Waals surface area contributed by atoms with E-state index in [1.165, 1.54) is 25.1 Å². The second-order valence-electron chi connectivity index (χ2n) is 5.65. The molecule has 0 amide bonds. The Bertz CT molecular complexity index is 731. The summed E-state index contributed by atoms with van der Waals surface area (Å²) in [5.74, 6) is -0.860. The van der Waals surface area contributed by atoms with Gasteiger partial charge in [0, 0.05) is 11.6 Å². The van der Waals surface area contributed by atoms with E-state index in [-0.39, 0.29) is 22.7 Å². The highest BCUT2D eigenvalue weighted by molar-refractivity contribution is 5.97. The highest BCUT2D eigenvalue weighted by atomic mass is 16.6. The number of aliphatic hydroxyl groups is 1. The van der Waals surface area contributed by atoms with E-state index in [2.05, 4.69) is 6.58 Å². The molecule has 0 saturated heterocycles. The van der Waals surface area contributed by atoms with Gasteiger partial charge < -0.3 is 19.7 Å². The van der Waals surface area contributed by atoms with Crippen molar-refractivity contribution in [1.82, 2.24) is 0 Å². The maximum atomic E-state index is 12.2. The first-order valence-corrected chi connectivity index (χ1v) is 7.47. The van der Waals surface area contributed by atoms with Crippen molar-refractivity contribution in [3.8, 4) is 11.5 Å². The Labute approximate surface area is 140 Å². The summed E-state index contributed by atoms with van der Waals surface area (Å²) in [5, 5.41) is 19.1. The van der Waals surface area contributed by atoms with E-state index in [0.29, 0.717) is 16.9 Å². The fourth-order valence-corrected chi connectivity index (χ4v) is 2.50. The number of fused-ring (bicyclic) bond motifs is 1. The molecule has 2 N–H and O–H groups in total. The summed E-state index contributed by atoms with van der Waals surface area (Å²) >= 11 is 0. The number of hydrogen-bond donors (Lipinski definition) is 2. The van der Waals surface area contributed by atoms with Crippen LogP contribution in [0.25, 0.3) is 0 Å². The van der Waals surface area contributed by atoms with Crippen LogP contribution in [0.5, 0.6) is 11.5 Å². The molecule has 0 spiro atoms. The van der Waals surface area contributed by atoms with Gasteiger partial charge in [0.1, 0.15) is 11.5 Å². The highest BCUT2D eigenvalue weighted by Crippen LogP contribution is 2.44. The minimum atomic E-state index is -0.815.